The van der Waals surface area contributed by atoms with Gasteiger partial charge >= 0.3 is 0 Å². The first-order chi connectivity index (χ1) is 7.24. The van der Waals surface area contributed by atoms with Gasteiger partial charge in [0.25, 0.3) is 5.91 Å². The van der Waals surface area contributed by atoms with Gasteiger partial charge in [0.2, 0.25) is 5.56 Å². The number of carbonyl (C=O) groups is 1. The van der Waals surface area contributed by atoms with Crippen LogP contribution < -0.4 is 10.9 Å². The minimum absolute atomic E-state index is 0.152. The number of pyridine rings is 1. The standard InChI is InChI=1S/C10H13BrN2O2/c11-5-1-2-6-12-10(15)8-3-4-9(14)13-7-8/h3-4,7H,1-2,5-6H2,(H,12,15)(H,13,14). The molecule has 0 spiro atoms. The van der Waals surface area contributed by atoms with E-state index in [1.807, 2.05) is 0 Å². The Bertz CT molecular complexity index is 355. The van der Waals surface area contributed by atoms with Crippen LogP contribution in [0.4, 0.5) is 0 Å². The van der Waals surface area contributed by atoms with Crippen molar-refractivity contribution in [2.45, 2.75) is 12.8 Å². The summed E-state index contributed by atoms with van der Waals surface area (Å²) in [7, 11) is 0. The summed E-state index contributed by atoms with van der Waals surface area (Å²) in [5, 5.41) is 3.72. The van der Waals surface area contributed by atoms with Crippen molar-refractivity contribution in [3.63, 3.8) is 0 Å². The highest BCUT2D eigenvalue weighted by Crippen LogP contribution is 1.95. The van der Waals surface area contributed by atoms with E-state index in [4.69, 9.17) is 0 Å². The molecule has 0 aliphatic heterocycles. The average Bonchev–Trinajstić information content (AvgIpc) is 2.25. The zero-order chi connectivity index (χ0) is 11.1. The first kappa shape index (κ1) is 12.0. The smallest absolute Gasteiger partial charge is 0.252 e. The van der Waals surface area contributed by atoms with Crippen molar-refractivity contribution in [3.05, 3.63) is 34.2 Å². The van der Waals surface area contributed by atoms with Gasteiger partial charge in [0.1, 0.15) is 0 Å². The average molecular weight is 273 g/mol. The van der Waals surface area contributed by atoms with Crippen molar-refractivity contribution in [2.75, 3.05) is 11.9 Å². The molecule has 0 aliphatic rings. The second-order valence-electron chi connectivity index (χ2n) is 3.09. The number of amides is 1. The lowest BCUT2D eigenvalue weighted by Gasteiger charge is -2.03. The van der Waals surface area contributed by atoms with Crippen molar-refractivity contribution >= 4 is 21.8 Å². The highest BCUT2D eigenvalue weighted by molar-refractivity contribution is 9.09. The molecule has 82 valence electrons. The van der Waals surface area contributed by atoms with Crippen molar-refractivity contribution in [1.82, 2.24) is 10.3 Å². The molecule has 0 aliphatic carbocycles. The molecule has 2 N–H and O–H groups in total. The maximum absolute atomic E-state index is 11.5. The number of unbranched alkanes of at least 4 members (excludes halogenated alkanes) is 1. The number of nitrogens with one attached hydrogen (secondary N) is 2. The highest BCUT2D eigenvalue weighted by Gasteiger charge is 2.03. The minimum atomic E-state index is -0.203. The molecule has 0 aromatic carbocycles. The second kappa shape index (κ2) is 6.40. The largest absolute Gasteiger partial charge is 0.352 e. The van der Waals surface area contributed by atoms with Gasteiger partial charge in [0, 0.05) is 24.1 Å². The lowest BCUT2D eigenvalue weighted by atomic mass is 10.2. The molecule has 0 saturated heterocycles. The minimum Gasteiger partial charge on any atom is -0.352 e. The number of rotatable bonds is 5. The second-order valence-corrected chi connectivity index (χ2v) is 3.89. The van der Waals surface area contributed by atoms with Crippen LogP contribution in [0.3, 0.4) is 0 Å². The molecule has 1 aromatic heterocycles. The topological polar surface area (TPSA) is 62.0 Å². The predicted octanol–water partition coefficient (Wildman–Crippen LogP) is 1.28. The maximum atomic E-state index is 11.5. The monoisotopic (exact) mass is 272 g/mol. The van der Waals surface area contributed by atoms with Gasteiger partial charge in [-0.05, 0) is 18.9 Å². The number of alkyl halides is 1. The summed E-state index contributed by atoms with van der Waals surface area (Å²) in [5.74, 6) is -0.152. The number of halogens is 1. The van der Waals surface area contributed by atoms with Crippen LogP contribution >= 0.6 is 15.9 Å². The lowest BCUT2D eigenvalue weighted by molar-refractivity contribution is 0.0953. The Hall–Kier alpha value is -1.10. The third-order valence-electron chi connectivity index (χ3n) is 1.89. The molecule has 0 fully saturated rings. The van der Waals surface area contributed by atoms with E-state index >= 15 is 0 Å². The van der Waals surface area contributed by atoms with Crippen molar-refractivity contribution in [3.8, 4) is 0 Å². The van der Waals surface area contributed by atoms with E-state index in [0.717, 1.165) is 18.2 Å². The zero-order valence-corrected chi connectivity index (χ0v) is 9.84. The molecular weight excluding hydrogens is 260 g/mol. The molecule has 0 bridgehead atoms. The summed E-state index contributed by atoms with van der Waals surface area (Å²) in [6.07, 6.45) is 3.40. The molecule has 15 heavy (non-hydrogen) atoms. The maximum Gasteiger partial charge on any atom is 0.252 e. The molecule has 0 unspecified atom stereocenters. The zero-order valence-electron chi connectivity index (χ0n) is 8.25. The molecule has 0 saturated carbocycles. The van der Waals surface area contributed by atoms with E-state index in [-0.39, 0.29) is 11.5 Å². The number of hydrogen-bond donors (Lipinski definition) is 2. The molecule has 0 atom stereocenters. The van der Waals surface area contributed by atoms with Crippen LogP contribution in [-0.4, -0.2) is 22.8 Å². The molecule has 0 radical (unpaired) electrons. The summed E-state index contributed by atoms with van der Waals surface area (Å²) in [5.41, 5.74) is 0.277. The predicted molar refractivity (Wildman–Crippen MR) is 62.4 cm³/mol. The molecule has 1 amide bonds. The number of carbonyl (C=O) groups excluding carboxylic acids is 1. The normalized spacial score (nSPS) is 9.93. The molecule has 1 rings (SSSR count). The fourth-order valence-electron chi connectivity index (χ4n) is 1.08. The fourth-order valence-corrected chi connectivity index (χ4v) is 1.47. The van der Waals surface area contributed by atoms with Gasteiger partial charge < -0.3 is 10.3 Å². The Kier molecular flexibility index (Phi) is 5.10. The first-order valence-electron chi connectivity index (χ1n) is 4.77. The van der Waals surface area contributed by atoms with Crippen molar-refractivity contribution in [1.29, 1.82) is 0 Å². The number of aromatic amines is 1. The van der Waals surface area contributed by atoms with Gasteiger partial charge in [0.15, 0.2) is 0 Å². The molecule has 4 nitrogen and oxygen atoms in total. The SMILES string of the molecule is O=C(NCCCCBr)c1ccc(=O)[nH]c1. The molecule has 1 heterocycles. The van der Waals surface area contributed by atoms with E-state index in [9.17, 15) is 9.59 Å². The van der Waals surface area contributed by atoms with E-state index < -0.39 is 0 Å². The Balaban J connectivity index is 2.40. The van der Waals surface area contributed by atoms with Crippen LogP contribution in [0.5, 0.6) is 0 Å². The summed E-state index contributed by atoms with van der Waals surface area (Å²) in [6.45, 7) is 0.656. The summed E-state index contributed by atoms with van der Waals surface area (Å²) >= 11 is 3.32. The van der Waals surface area contributed by atoms with Gasteiger partial charge in [-0.15, -0.1) is 0 Å². The molecule has 1 aromatic rings. The van der Waals surface area contributed by atoms with E-state index in [1.165, 1.54) is 18.3 Å². The third kappa shape index (κ3) is 4.29. The lowest BCUT2D eigenvalue weighted by Crippen LogP contribution is -2.25. The van der Waals surface area contributed by atoms with Gasteiger partial charge in [-0.3, -0.25) is 9.59 Å². The van der Waals surface area contributed by atoms with E-state index in [2.05, 4.69) is 26.2 Å². The van der Waals surface area contributed by atoms with Crippen LogP contribution in [0.2, 0.25) is 0 Å². The van der Waals surface area contributed by atoms with Crippen LogP contribution in [0, 0.1) is 0 Å². The van der Waals surface area contributed by atoms with Crippen LogP contribution in [-0.2, 0) is 0 Å². The molecule has 5 heteroatoms. The van der Waals surface area contributed by atoms with Crippen LogP contribution in [0.1, 0.15) is 23.2 Å². The quantitative estimate of drug-likeness (QED) is 0.627. The molecular formula is C10H13BrN2O2. The Morgan fingerprint density at radius 1 is 1.40 bits per heavy atom. The number of H-pyrrole nitrogens is 1. The fraction of sp³-hybridized carbons (Fsp3) is 0.400. The van der Waals surface area contributed by atoms with Gasteiger partial charge in [0.05, 0.1) is 5.56 Å². The first-order valence-corrected chi connectivity index (χ1v) is 5.89. The van der Waals surface area contributed by atoms with Crippen LogP contribution in [0.15, 0.2) is 23.1 Å². The van der Waals surface area contributed by atoms with Gasteiger partial charge in [-0.2, -0.15) is 0 Å². The van der Waals surface area contributed by atoms with Crippen molar-refractivity contribution < 1.29 is 4.79 Å². The number of aromatic nitrogens is 1. The summed E-state index contributed by atoms with van der Waals surface area (Å²) in [4.78, 5) is 24.7. The highest BCUT2D eigenvalue weighted by atomic mass is 79.9. The number of hydrogen-bond acceptors (Lipinski definition) is 2. The van der Waals surface area contributed by atoms with E-state index in [0.29, 0.717) is 12.1 Å². The Morgan fingerprint density at radius 2 is 2.20 bits per heavy atom. The third-order valence-corrected chi connectivity index (χ3v) is 2.45. The Labute approximate surface area is 96.2 Å². The van der Waals surface area contributed by atoms with Crippen molar-refractivity contribution in [2.24, 2.45) is 0 Å². The van der Waals surface area contributed by atoms with Gasteiger partial charge in [-0.1, -0.05) is 15.9 Å². The summed E-state index contributed by atoms with van der Waals surface area (Å²) in [6, 6.07) is 2.85. The summed E-state index contributed by atoms with van der Waals surface area (Å²) < 4.78 is 0. The van der Waals surface area contributed by atoms with Crippen LogP contribution in [0.25, 0.3) is 0 Å². The van der Waals surface area contributed by atoms with Gasteiger partial charge in [-0.25, -0.2) is 0 Å². The Morgan fingerprint density at radius 3 is 2.80 bits per heavy atom. The van der Waals surface area contributed by atoms with E-state index in [1.54, 1.807) is 0 Å².